The highest BCUT2D eigenvalue weighted by atomic mass is 16.5. The van der Waals surface area contributed by atoms with Gasteiger partial charge >= 0.3 is 11.9 Å². The van der Waals surface area contributed by atoms with Gasteiger partial charge in [0.25, 0.3) is 0 Å². The first-order valence-electron chi connectivity index (χ1n) is 12.4. The van der Waals surface area contributed by atoms with E-state index >= 15 is 0 Å². The van der Waals surface area contributed by atoms with Gasteiger partial charge in [0.1, 0.15) is 6.10 Å². The van der Waals surface area contributed by atoms with Gasteiger partial charge in [-0.15, -0.1) is 0 Å². The molecule has 2 aromatic carbocycles. The summed E-state index contributed by atoms with van der Waals surface area (Å²) < 4.78 is 11.5. The van der Waals surface area contributed by atoms with E-state index in [1.54, 1.807) is 31.2 Å². The fraction of sp³-hybridized carbons (Fsp3) is 0.467. The van der Waals surface area contributed by atoms with Gasteiger partial charge in [-0.3, -0.25) is 0 Å². The Morgan fingerprint density at radius 3 is 2.29 bits per heavy atom. The van der Waals surface area contributed by atoms with Crippen LogP contribution in [0.3, 0.4) is 0 Å². The fourth-order valence-electron chi connectivity index (χ4n) is 5.00. The van der Waals surface area contributed by atoms with E-state index in [0.717, 1.165) is 19.3 Å². The smallest absolute Gasteiger partial charge is 0.338 e. The predicted octanol–water partition coefficient (Wildman–Crippen LogP) is 6.75. The molecule has 1 aliphatic carbocycles. The molecule has 0 amide bonds. The van der Waals surface area contributed by atoms with Crippen LogP contribution in [-0.2, 0) is 19.7 Å². The molecule has 1 saturated carbocycles. The van der Waals surface area contributed by atoms with Gasteiger partial charge in [-0.2, -0.15) is 0 Å². The predicted molar refractivity (Wildman–Crippen MR) is 135 cm³/mol. The second-order valence-electron chi connectivity index (χ2n) is 10.3. The van der Waals surface area contributed by atoms with Crippen LogP contribution in [0.2, 0.25) is 0 Å². The number of rotatable bonds is 8. The van der Waals surface area contributed by atoms with E-state index in [4.69, 9.17) is 9.47 Å². The quantitative estimate of drug-likeness (QED) is 0.322. The average molecular weight is 463 g/mol. The van der Waals surface area contributed by atoms with Crippen LogP contribution in [0, 0.1) is 17.8 Å². The minimum atomic E-state index is -0.358. The maximum Gasteiger partial charge on any atom is 0.338 e. The Labute approximate surface area is 204 Å². The van der Waals surface area contributed by atoms with Crippen molar-refractivity contribution in [1.82, 2.24) is 0 Å². The highest BCUT2D eigenvalue weighted by molar-refractivity contribution is 5.89. The molecular formula is C30H38O4. The zero-order chi connectivity index (χ0) is 24.7. The van der Waals surface area contributed by atoms with Gasteiger partial charge in [0, 0.05) is 17.4 Å². The summed E-state index contributed by atoms with van der Waals surface area (Å²) in [7, 11) is 0. The molecule has 0 aromatic heterocycles. The normalized spacial score (nSPS) is 22.0. The van der Waals surface area contributed by atoms with Crippen molar-refractivity contribution in [3.05, 3.63) is 83.4 Å². The van der Waals surface area contributed by atoms with Gasteiger partial charge in [-0.1, -0.05) is 88.7 Å². The van der Waals surface area contributed by atoms with Gasteiger partial charge in [0.2, 0.25) is 0 Å². The second-order valence-corrected chi connectivity index (χ2v) is 10.3. The first-order valence-corrected chi connectivity index (χ1v) is 12.4. The van der Waals surface area contributed by atoms with Crippen molar-refractivity contribution >= 4 is 11.9 Å². The fourth-order valence-corrected chi connectivity index (χ4v) is 5.00. The molecule has 34 heavy (non-hydrogen) atoms. The highest BCUT2D eigenvalue weighted by Gasteiger charge is 2.42. The number of carbonyl (C=O) groups is 2. The third kappa shape index (κ3) is 6.59. The number of benzene rings is 2. The maximum absolute atomic E-state index is 13.0. The van der Waals surface area contributed by atoms with E-state index in [1.165, 1.54) is 5.56 Å². The lowest BCUT2D eigenvalue weighted by atomic mass is 9.64. The van der Waals surface area contributed by atoms with Crippen LogP contribution in [0.15, 0.2) is 72.3 Å². The molecule has 4 heteroatoms. The lowest BCUT2D eigenvalue weighted by Gasteiger charge is -2.44. The molecule has 0 saturated heterocycles. The molecule has 4 atom stereocenters. The van der Waals surface area contributed by atoms with Crippen molar-refractivity contribution in [2.24, 2.45) is 17.8 Å². The zero-order valence-electron chi connectivity index (χ0n) is 21.1. The molecule has 0 bridgehead atoms. The Morgan fingerprint density at radius 1 is 1.03 bits per heavy atom. The number of hydrogen-bond acceptors (Lipinski definition) is 4. The molecule has 2 aromatic rings. The van der Waals surface area contributed by atoms with E-state index in [9.17, 15) is 9.59 Å². The summed E-state index contributed by atoms with van der Waals surface area (Å²) in [6, 6.07) is 19.4. The van der Waals surface area contributed by atoms with Gasteiger partial charge in [0.05, 0.1) is 12.2 Å². The first kappa shape index (κ1) is 25.7. The van der Waals surface area contributed by atoms with E-state index in [2.05, 4.69) is 45.0 Å². The number of esters is 2. The van der Waals surface area contributed by atoms with Crippen LogP contribution >= 0.6 is 0 Å². The third-order valence-electron chi connectivity index (χ3n) is 7.10. The van der Waals surface area contributed by atoms with Gasteiger partial charge in [0.15, 0.2) is 0 Å². The van der Waals surface area contributed by atoms with E-state index in [1.807, 2.05) is 25.1 Å². The maximum atomic E-state index is 13.0. The topological polar surface area (TPSA) is 52.6 Å². The summed E-state index contributed by atoms with van der Waals surface area (Å²) in [4.78, 5) is 25.2. The monoisotopic (exact) mass is 462 g/mol. The Balaban J connectivity index is 1.63. The van der Waals surface area contributed by atoms with Crippen molar-refractivity contribution in [3.8, 4) is 0 Å². The van der Waals surface area contributed by atoms with Crippen molar-refractivity contribution in [3.63, 3.8) is 0 Å². The molecule has 0 unspecified atom stereocenters. The molecule has 3 rings (SSSR count). The van der Waals surface area contributed by atoms with Crippen LogP contribution in [0.25, 0.3) is 0 Å². The molecule has 4 nitrogen and oxygen atoms in total. The Kier molecular flexibility index (Phi) is 8.71. The molecule has 1 aliphatic rings. The minimum absolute atomic E-state index is 0.0943. The number of hydrogen-bond donors (Lipinski definition) is 0. The molecule has 0 aliphatic heterocycles. The van der Waals surface area contributed by atoms with Crippen LogP contribution in [0.4, 0.5) is 0 Å². The highest BCUT2D eigenvalue weighted by Crippen LogP contribution is 2.43. The van der Waals surface area contributed by atoms with E-state index in [-0.39, 0.29) is 41.9 Å². The van der Waals surface area contributed by atoms with Crippen molar-refractivity contribution in [2.75, 3.05) is 6.61 Å². The largest absolute Gasteiger partial charge is 0.461 e. The van der Waals surface area contributed by atoms with E-state index in [0.29, 0.717) is 17.1 Å². The summed E-state index contributed by atoms with van der Waals surface area (Å²) in [5.74, 6) is 0.0489. The first-order chi connectivity index (χ1) is 16.2. The minimum Gasteiger partial charge on any atom is -0.461 e. The standard InChI is InChI=1S/C30H38O4/c1-21-16-17-26(30(4,5)25-14-10-7-11-15-25)27(19-21)34-28(31)23(3)18-22(2)20-33-29(32)24-12-8-6-9-13-24/h6-15,18,21-22,26-27H,16-17,19-20H2,1-5H3/b23-18-/t21-,22-,26-,27-/m1/s1. The summed E-state index contributed by atoms with van der Waals surface area (Å²) in [6.07, 6.45) is 4.78. The summed E-state index contributed by atoms with van der Waals surface area (Å²) in [5, 5.41) is 0. The third-order valence-corrected chi connectivity index (χ3v) is 7.10. The summed E-state index contributed by atoms with van der Waals surface area (Å²) in [5.41, 5.74) is 2.26. The van der Waals surface area contributed by atoms with Crippen LogP contribution < -0.4 is 0 Å². The van der Waals surface area contributed by atoms with Gasteiger partial charge in [-0.25, -0.2) is 9.59 Å². The average Bonchev–Trinajstić information content (AvgIpc) is 2.83. The zero-order valence-corrected chi connectivity index (χ0v) is 21.1. The molecule has 0 radical (unpaired) electrons. The summed E-state index contributed by atoms with van der Waals surface area (Å²) >= 11 is 0. The van der Waals surface area contributed by atoms with Crippen molar-refractivity contribution in [1.29, 1.82) is 0 Å². The summed E-state index contributed by atoms with van der Waals surface area (Å²) in [6.45, 7) is 10.7. The molecule has 1 fully saturated rings. The lowest BCUT2D eigenvalue weighted by Crippen LogP contribution is -2.43. The molecule has 0 spiro atoms. The molecular weight excluding hydrogens is 424 g/mol. The Morgan fingerprint density at radius 2 is 1.65 bits per heavy atom. The van der Waals surface area contributed by atoms with Crippen molar-refractivity contribution < 1.29 is 19.1 Å². The lowest BCUT2D eigenvalue weighted by molar-refractivity contribution is -0.151. The van der Waals surface area contributed by atoms with E-state index < -0.39 is 0 Å². The Hall–Kier alpha value is -2.88. The second kappa shape index (κ2) is 11.5. The SMILES string of the molecule is C/C(=C/[C@@H](C)COC(=O)c1ccccc1)C(=O)O[C@@H]1C[C@H](C)CC[C@H]1C(C)(C)c1ccccc1. The Bertz CT molecular complexity index is 977. The van der Waals surface area contributed by atoms with Gasteiger partial charge < -0.3 is 9.47 Å². The van der Waals surface area contributed by atoms with Crippen LogP contribution in [-0.4, -0.2) is 24.6 Å². The van der Waals surface area contributed by atoms with Crippen LogP contribution in [0.5, 0.6) is 0 Å². The molecule has 182 valence electrons. The molecule has 0 N–H and O–H groups in total. The molecule has 0 heterocycles. The van der Waals surface area contributed by atoms with Gasteiger partial charge in [-0.05, 0) is 48.8 Å². The van der Waals surface area contributed by atoms with Crippen molar-refractivity contribution in [2.45, 2.75) is 65.4 Å². The number of ether oxygens (including phenoxy) is 2. The van der Waals surface area contributed by atoms with Crippen LogP contribution in [0.1, 0.15) is 69.8 Å². The number of carbonyl (C=O) groups excluding carboxylic acids is 2.